The Kier molecular flexibility index (Phi) is 6.50. The van der Waals surface area contributed by atoms with Gasteiger partial charge in [0.05, 0.1) is 44.4 Å². The molecule has 3 aliphatic rings. The number of carbonyl (C=O) groups excluding carboxylic acids is 3. The molecular weight excluding hydrogens is 556 g/mol. The first-order valence-corrected chi connectivity index (χ1v) is 14.3. The minimum absolute atomic E-state index is 0.225. The Balaban J connectivity index is 1.56. The standard InChI is InChI=1S/C36H30N2O6/c1-42-22-16-17-29(44-3)25(20-22)32(39)30-31(33(40)24-12-6-9-15-28(24)43-2)38-19-18-21-10-4-5-11-23(21)34(38)36(30)26-13-7-8-14-27(26)37-35(36)41/h4-20,30-31,34H,1-3H3,(H,37,41)/t30-,31+,34+,36+/m0/s1. The fourth-order valence-electron chi connectivity index (χ4n) is 7.35. The number of carbonyl (C=O) groups is 3. The zero-order valence-electron chi connectivity index (χ0n) is 24.4. The third-order valence-electron chi connectivity index (χ3n) is 9.17. The SMILES string of the molecule is COc1ccc(OC)c(C(=O)[C@@H]2[C@H](C(=O)c3ccccc3OC)N3C=Cc4ccccc4[C@@H]3[C@]23C(=O)Nc2ccccc23)c1. The first-order chi connectivity index (χ1) is 21.4. The molecule has 8 nitrogen and oxygen atoms in total. The van der Waals surface area contributed by atoms with Crippen LogP contribution in [0.25, 0.3) is 6.08 Å². The molecule has 4 atom stereocenters. The Labute approximate surface area is 254 Å². The van der Waals surface area contributed by atoms with Gasteiger partial charge < -0.3 is 24.4 Å². The number of ketones is 2. The predicted molar refractivity (Wildman–Crippen MR) is 165 cm³/mol. The van der Waals surface area contributed by atoms with E-state index in [0.717, 1.165) is 11.1 Å². The van der Waals surface area contributed by atoms with E-state index in [-0.39, 0.29) is 17.3 Å². The van der Waals surface area contributed by atoms with Crippen molar-refractivity contribution in [3.63, 3.8) is 0 Å². The van der Waals surface area contributed by atoms with Gasteiger partial charge in [0.25, 0.3) is 0 Å². The lowest BCUT2D eigenvalue weighted by atomic mass is 9.62. The summed E-state index contributed by atoms with van der Waals surface area (Å²) in [7, 11) is 4.51. The summed E-state index contributed by atoms with van der Waals surface area (Å²) < 4.78 is 16.7. The molecule has 1 N–H and O–H groups in total. The highest BCUT2D eigenvalue weighted by molar-refractivity contribution is 6.17. The van der Waals surface area contributed by atoms with Crippen LogP contribution in [0.5, 0.6) is 17.2 Å². The molecule has 1 amide bonds. The molecule has 4 aromatic carbocycles. The quantitative estimate of drug-likeness (QED) is 0.278. The summed E-state index contributed by atoms with van der Waals surface area (Å²) >= 11 is 0. The number of benzene rings is 4. The van der Waals surface area contributed by atoms with Crippen molar-refractivity contribution in [2.75, 3.05) is 26.6 Å². The second-order valence-electron chi connectivity index (χ2n) is 11.1. The van der Waals surface area contributed by atoms with E-state index in [2.05, 4.69) is 5.32 Å². The maximum Gasteiger partial charge on any atom is 0.238 e. The van der Waals surface area contributed by atoms with Crippen LogP contribution in [0.1, 0.15) is 43.4 Å². The van der Waals surface area contributed by atoms with Crippen LogP contribution in [0.2, 0.25) is 0 Å². The van der Waals surface area contributed by atoms with Gasteiger partial charge in [-0.3, -0.25) is 14.4 Å². The number of methoxy groups -OCH3 is 3. The van der Waals surface area contributed by atoms with Gasteiger partial charge in [-0.2, -0.15) is 0 Å². The summed E-state index contributed by atoms with van der Waals surface area (Å²) in [6, 6.07) is 25.4. The van der Waals surface area contributed by atoms with Gasteiger partial charge in [0.2, 0.25) is 5.91 Å². The lowest BCUT2D eigenvalue weighted by Crippen LogP contribution is -2.49. The second kappa shape index (κ2) is 10.4. The monoisotopic (exact) mass is 586 g/mol. The maximum absolute atomic E-state index is 15.2. The lowest BCUT2D eigenvalue weighted by Gasteiger charge is -2.38. The van der Waals surface area contributed by atoms with Gasteiger partial charge in [0, 0.05) is 11.9 Å². The number of para-hydroxylation sites is 2. The highest BCUT2D eigenvalue weighted by Gasteiger charge is 2.71. The number of Topliss-reactive ketones (excluding diaryl/α,β-unsaturated/α-hetero) is 2. The molecule has 3 heterocycles. The van der Waals surface area contributed by atoms with Crippen LogP contribution in [0.15, 0.2) is 97.2 Å². The van der Waals surface area contributed by atoms with Crippen LogP contribution in [0.4, 0.5) is 5.69 Å². The van der Waals surface area contributed by atoms with Crippen LogP contribution in [0, 0.1) is 5.92 Å². The number of fused-ring (bicyclic) bond motifs is 6. The second-order valence-corrected chi connectivity index (χ2v) is 11.1. The lowest BCUT2D eigenvalue weighted by molar-refractivity contribution is -0.122. The molecule has 220 valence electrons. The summed E-state index contributed by atoms with van der Waals surface area (Å²) in [6.07, 6.45) is 3.77. The van der Waals surface area contributed by atoms with Crippen molar-refractivity contribution in [3.05, 3.63) is 125 Å². The van der Waals surface area contributed by atoms with Gasteiger partial charge in [-0.1, -0.05) is 54.6 Å². The molecule has 0 bridgehead atoms. The van der Waals surface area contributed by atoms with E-state index in [0.29, 0.717) is 34.1 Å². The molecule has 7 rings (SSSR count). The van der Waals surface area contributed by atoms with E-state index in [1.54, 1.807) is 42.5 Å². The molecule has 44 heavy (non-hydrogen) atoms. The molecule has 3 aliphatic heterocycles. The van der Waals surface area contributed by atoms with Crippen LogP contribution < -0.4 is 19.5 Å². The molecule has 0 aliphatic carbocycles. The van der Waals surface area contributed by atoms with E-state index in [9.17, 15) is 9.59 Å². The molecule has 8 heteroatoms. The fraction of sp³-hybridized carbons (Fsp3) is 0.194. The molecule has 0 unspecified atom stereocenters. The van der Waals surface area contributed by atoms with E-state index in [1.807, 2.05) is 65.7 Å². The number of amides is 1. The average molecular weight is 587 g/mol. The Morgan fingerprint density at radius 3 is 2.27 bits per heavy atom. The van der Waals surface area contributed by atoms with Crippen molar-refractivity contribution < 1.29 is 28.6 Å². The predicted octanol–water partition coefficient (Wildman–Crippen LogP) is 5.69. The van der Waals surface area contributed by atoms with Crippen molar-refractivity contribution in [2.45, 2.75) is 17.5 Å². The number of anilines is 1. The first kappa shape index (κ1) is 27.5. The number of nitrogens with one attached hydrogen (secondary N) is 1. The van der Waals surface area contributed by atoms with E-state index in [4.69, 9.17) is 14.2 Å². The first-order valence-electron chi connectivity index (χ1n) is 14.3. The number of hydrogen-bond donors (Lipinski definition) is 1. The van der Waals surface area contributed by atoms with Crippen LogP contribution in [-0.2, 0) is 10.2 Å². The van der Waals surface area contributed by atoms with E-state index in [1.165, 1.54) is 21.3 Å². The fourth-order valence-corrected chi connectivity index (χ4v) is 7.35. The van der Waals surface area contributed by atoms with Gasteiger partial charge in [-0.15, -0.1) is 0 Å². The van der Waals surface area contributed by atoms with Gasteiger partial charge in [-0.05, 0) is 59.2 Å². The molecule has 4 aromatic rings. The van der Waals surface area contributed by atoms with Gasteiger partial charge >= 0.3 is 0 Å². The smallest absolute Gasteiger partial charge is 0.238 e. The van der Waals surface area contributed by atoms with Crippen LogP contribution >= 0.6 is 0 Å². The highest BCUT2D eigenvalue weighted by atomic mass is 16.5. The van der Waals surface area contributed by atoms with Crippen molar-refractivity contribution in [3.8, 4) is 17.2 Å². The number of nitrogens with zero attached hydrogens (tertiary/aromatic N) is 1. The molecule has 0 saturated carbocycles. The van der Waals surface area contributed by atoms with Gasteiger partial charge in [-0.25, -0.2) is 0 Å². The van der Waals surface area contributed by atoms with E-state index >= 15 is 4.79 Å². The molecule has 1 spiro atoms. The molecule has 1 fully saturated rings. The van der Waals surface area contributed by atoms with Gasteiger partial charge in [0.1, 0.15) is 28.7 Å². The zero-order chi connectivity index (χ0) is 30.6. The van der Waals surface area contributed by atoms with Gasteiger partial charge in [0.15, 0.2) is 11.6 Å². The van der Waals surface area contributed by atoms with Crippen LogP contribution in [-0.4, -0.2) is 49.7 Å². The minimum Gasteiger partial charge on any atom is -0.497 e. The van der Waals surface area contributed by atoms with E-state index < -0.39 is 29.2 Å². The van der Waals surface area contributed by atoms with Crippen molar-refractivity contribution in [2.24, 2.45) is 5.92 Å². The molecular formula is C36H30N2O6. The molecule has 0 aromatic heterocycles. The Hall–Kier alpha value is -5.37. The summed E-state index contributed by atoms with van der Waals surface area (Å²) in [5, 5.41) is 3.07. The maximum atomic E-state index is 15.2. The average Bonchev–Trinajstić information content (AvgIpc) is 3.55. The summed E-state index contributed by atoms with van der Waals surface area (Å²) in [5.74, 6) is -1.07. The van der Waals surface area contributed by atoms with Crippen molar-refractivity contribution in [1.82, 2.24) is 4.90 Å². The normalized spacial score (nSPS) is 22.6. The minimum atomic E-state index is -1.47. The summed E-state index contributed by atoms with van der Waals surface area (Å²) in [4.78, 5) is 46.7. The zero-order valence-corrected chi connectivity index (χ0v) is 24.4. The van der Waals surface area contributed by atoms with Crippen molar-refractivity contribution in [1.29, 1.82) is 0 Å². The molecule has 1 saturated heterocycles. The Morgan fingerprint density at radius 1 is 0.773 bits per heavy atom. The highest BCUT2D eigenvalue weighted by Crippen LogP contribution is 2.62. The third kappa shape index (κ3) is 3.73. The summed E-state index contributed by atoms with van der Waals surface area (Å²) in [6.45, 7) is 0. The number of hydrogen-bond acceptors (Lipinski definition) is 7. The topological polar surface area (TPSA) is 94.2 Å². The largest absolute Gasteiger partial charge is 0.497 e. The number of rotatable bonds is 7. The summed E-state index contributed by atoms with van der Waals surface area (Å²) in [5.41, 5.74) is 2.14. The number of ether oxygens (including phenoxy) is 3. The third-order valence-corrected chi connectivity index (χ3v) is 9.17. The Bertz CT molecular complexity index is 1870. The molecule has 0 radical (unpaired) electrons. The van der Waals surface area contributed by atoms with Crippen molar-refractivity contribution >= 4 is 29.2 Å². The Morgan fingerprint density at radius 2 is 1.48 bits per heavy atom. The van der Waals surface area contributed by atoms with Crippen LogP contribution in [0.3, 0.4) is 0 Å².